The maximum atomic E-state index is 10.8. The summed E-state index contributed by atoms with van der Waals surface area (Å²) in [4.78, 5) is 14.8. The molecule has 0 fully saturated rings. The number of rotatable bonds is 4. The Morgan fingerprint density at radius 1 is 1.14 bits per heavy atom. The molecule has 4 nitrogen and oxygen atoms in total. The van der Waals surface area contributed by atoms with Crippen LogP contribution in [0.2, 0.25) is 0 Å². The zero-order valence-electron chi connectivity index (χ0n) is 12.2. The molecule has 0 unspecified atom stereocenters. The quantitative estimate of drug-likeness (QED) is 0.693. The summed E-state index contributed by atoms with van der Waals surface area (Å²) in [5.74, 6) is 1.95. The van der Waals surface area contributed by atoms with Crippen molar-refractivity contribution in [3.05, 3.63) is 72.3 Å². The fourth-order valence-corrected chi connectivity index (χ4v) is 2.34. The van der Waals surface area contributed by atoms with Crippen LogP contribution in [0.3, 0.4) is 0 Å². The standard InChI is InChI=1S/C18H15N3O/c1-14(11-22)16-5-3-7-18(9-16)17-6-2-4-15(8-17)10-21-13-19-12-20-21/h2-9,12-13H,10H2,1H3. The molecule has 0 spiro atoms. The van der Waals surface area contributed by atoms with Crippen LogP contribution in [-0.4, -0.2) is 20.7 Å². The smallest absolute Gasteiger partial charge is 0.137 e. The highest BCUT2D eigenvalue weighted by Gasteiger charge is 2.03. The van der Waals surface area contributed by atoms with Crippen LogP contribution in [0, 0.1) is 0 Å². The highest BCUT2D eigenvalue weighted by atomic mass is 16.1. The molecule has 0 radical (unpaired) electrons. The number of aromatic nitrogens is 3. The van der Waals surface area contributed by atoms with Gasteiger partial charge in [-0.15, -0.1) is 0 Å². The Labute approximate surface area is 128 Å². The maximum absolute atomic E-state index is 10.8. The van der Waals surface area contributed by atoms with Crippen molar-refractivity contribution in [2.45, 2.75) is 13.5 Å². The van der Waals surface area contributed by atoms with Crippen molar-refractivity contribution >= 4 is 11.5 Å². The summed E-state index contributed by atoms with van der Waals surface area (Å²) in [6.07, 6.45) is 3.23. The Morgan fingerprint density at radius 2 is 1.91 bits per heavy atom. The topological polar surface area (TPSA) is 47.8 Å². The Kier molecular flexibility index (Phi) is 3.95. The van der Waals surface area contributed by atoms with Crippen molar-refractivity contribution in [3.63, 3.8) is 0 Å². The van der Waals surface area contributed by atoms with Crippen LogP contribution in [-0.2, 0) is 11.3 Å². The van der Waals surface area contributed by atoms with Gasteiger partial charge in [-0.3, -0.25) is 0 Å². The molecule has 0 atom stereocenters. The predicted molar refractivity (Wildman–Crippen MR) is 85.8 cm³/mol. The monoisotopic (exact) mass is 289 g/mol. The van der Waals surface area contributed by atoms with Crippen LogP contribution < -0.4 is 0 Å². The second kappa shape index (κ2) is 6.20. The third-order valence-electron chi connectivity index (χ3n) is 3.52. The molecule has 3 rings (SSSR count). The van der Waals surface area contributed by atoms with E-state index in [-0.39, 0.29) is 0 Å². The van der Waals surface area contributed by atoms with Crippen LogP contribution in [0.5, 0.6) is 0 Å². The van der Waals surface area contributed by atoms with E-state index in [1.165, 1.54) is 6.33 Å². The van der Waals surface area contributed by atoms with Gasteiger partial charge in [-0.05, 0) is 41.3 Å². The molecule has 3 aromatic rings. The summed E-state index contributed by atoms with van der Waals surface area (Å²) in [6, 6.07) is 16.2. The minimum atomic E-state index is 0.612. The molecule has 1 heterocycles. The summed E-state index contributed by atoms with van der Waals surface area (Å²) in [6.45, 7) is 2.45. The zero-order chi connectivity index (χ0) is 15.4. The normalized spacial score (nSPS) is 10.2. The van der Waals surface area contributed by atoms with Gasteiger partial charge in [0.2, 0.25) is 0 Å². The minimum absolute atomic E-state index is 0.612. The number of hydrogen-bond acceptors (Lipinski definition) is 3. The lowest BCUT2D eigenvalue weighted by atomic mass is 9.99. The van der Waals surface area contributed by atoms with E-state index in [1.807, 2.05) is 36.3 Å². The van der Waals surface area contributed by atoms with Crippen LogP contribution in [0.4, 0.5) is 0 Å². The largest absolute Gasteiger partial charge is 0.249 e. The van der Waals surface area contributed by atoms with Gasteiger partial charge in [-0.2, -0.15) is 5.10 Å². The molecule has 22 heavy (non-hydrogen) atoms. The van der Waals surface area contributed by atoms with Gasteiger partial charge in [0.05, 0.1) is 6.54 Å². The van der Waals surface area contributed by atoms with E-state index in [9.17, 15) is 4.79 Å². The van der Waals surface area contributed by atoms with E-state index in [0.29, 0.717) is 12.1 Å². The van der Waals surface area contributed by atoms with Crippen molar-refractivity contribution in [1.29, 1.82) is 0 Å². The van der Waals surface area contributed by atoms with E-state index >= 15 is 0 Å². The average molecular weight is 289 g/mol. The fraction of sp³-hybridized carbons (Fsp3) is 0.111. The molecule has 0 amide bonds. The number of hydrogen-bond donors (Lipinski definition) is 0. The minimum Gasteiger partial charge on any atom is -0.249 e. The van der Waals surface area contributed by atoms with Gasteiger partial charge < -0.3 is 0 Å². The average Bonchev–Trinajstić information content (AvgIpc) is 3.07. The Bertz CT molecular complexity index is 831. The molecule has 2 aromatic carbocycles. The molecule has 0 bridgehead atoms. The second-order valence-electron chi connectivity index (χ2n) is 5.10. The van der Waals surface area contributed by atoms with Crippen molar-refractivity contribution < 1.29 is 4.79 Å². The third-order valence-corrected chi connectivity index (χ3v) is 3.52. The number of allylic oxidation sites excluding steroid dienone is 1. The zero-order valence-corrected chi connectivity index (χ0v) is 12.2. The summed E-state index contributed by atoms with van der Waals surface area (Å²) >= 11 is 0. The fourth-order valence-electron chi connectivity index (χ4n) is 2.34. The summed E-state index contributed by atoms with van der Waals surface area (Å²) in [5.41, 5.74) is 4.84. The highest BCUT2D eigenvalue weighted by molar-refractivity contribution is 5.87. The molecular formula is C18H15N3O. The Morgan fingerprint density at radius 3 is 2.64 bits per heavy atom. The first-order chi connectivity index (χ1) is 10.8. The molecule has 0 N–H and O–H groups in total. The molecule has 0 saturated heterocycles. The van der Waals surface area contributed by atoms with Gasteiger partial charge >= 0.3 is 0 Å². The Hall–Kier alpha value is -2.97. The van der Waals surface area contributed by atoms with Gasteiger partial charge in [-0.1, -0.05) is 36.4 Å². The van der Waals surface area contributed by atoms with E-state index < -0.39 is 0 Å². The van der Waals surface area contributed by atoms with Crippen LogP contribution in [0.25, 0.3) is 16.7 Å². The van der Waals surface area contributed by atoms with Crippen LogP contribution >= 0.6 is 0 Å². The first kappa shape index (κ1) is 14.0. The molecule has 0 aliphatic heterocycles. The lowest BCUT2D eigenvalue weighted by Crippen LogP contribution is -1.99. The molecule has 0 aliphatic rings. The van der Waals surface area contributed by atoms with Crippen molar-refractivity contribution in [3.8, 4) is 11.1 Å². The summed E-state index contributed by atoms with van der Waals surface area (Å²) < 4.78 is 1.79. The number of benzene rings is 2. The van der Waals surface area contributed by atoms with Crippen molar-refractivity contribution in [2.75, 3.05) is 0 Å². The van der Waals surface area contributed by atoms with Gasteiger partial charge in [-0.25, -0.2) is 14.5 Å². The molecular weight excluding hydrogens is 274 g/mol. The predicted octanol–water partition coefficient (Wildman–Crippen LogP) is 3.23. The molecule has 0 saturated carbocycles. The first-order valence-corrected chi connectivity index (χ1v) is 7.00. The van der Waals surface area contributed by atoms with E-state index in [0.717, 1.165) is 22.3 Å². The lowest BCUT2D eigenvalue weighted by molar-refractivity contribution is 0.569. The van der Waals surface area contributed by atoms with Gasteiger partial charge in [0.1, 0.15) is 18.6 Å². The number of carbonyl (C=O) groups excluding carboxylic acids is 1. The molecule has 4 heteroatoms. The van der Waals surface area contributed by atoms with Crippen LogP contribution in [0.15, 0.2) is 61.2 Å². The highest BCUT2D eigenvalue weighted by Crippen LogP contribution is 2.24. The first-order valence-electron chi connectivity index (χ1n) is 7.00. The van der Waals surface area contributed by atoms with Crippen molar-refractivity contribution in [1.82, 2.24) is 14.8 Å². The maximum Gasteiger partial charge on any atom is 0.137 e. The van der Waals surface area contributed by atoms with Gasteiger partial charge in [0, 0.05) is 5.57 Å². The van der Waals surface area contributed by atoms with Gasteiger partial charge in [0.25, 0.3) is 0 Å². The second-order valence-corrected chi connectivity index (χ2v) is 5.10. The molecule has 108 valence electrons. The summed E-state index contributed by atoms with van der Waals surface area (Å²) in [7, 11) is 0. The van der Waals surface area contributed by atoms with E-state index in [2.05, 4.69) is 28.3 Å². The third kappa shape index (κ3) is 3.03. The van der Waals surface area contributed by atoms with Gasteiger partial charge in [0.15, 0.2) is 0 Å². The van der Waals surface area contributed by atoms with Crippen molar-refractivity contribution in [2.24, 2.45) is 0 Å². The lowest BCUT2D eigenvalue weighted by Gasteiger charge is -2.07. The number of nitrogens with zero attached hydrogens (tertiary/aromatic N) is 3. The van der Waals surface area contributed by atoms with Crippen LogP contribution in [0.1, 0.15) is 18.1 Å². The molecule has 0 aliphatic carbocycles. The SMILES string of the molecule is CC(=C=O)c1cccc(-c2cccc(Cn3cncn3)c2)c1. The Balaban J connectivity index is 1.93. The van der Waals surface area contributed by atoms with E-state index in [4.69, 9.17) is 0 Å². The van der Waals surface area contributed by atoms with E-state index in [1.54, 1.807) is 17.9 Å². The summed E-state index contributed by atoms with van der Waals surface area (Å²) in [5, 5.41) is 4.12. The molecule has 1 aromatic heterocycles.